The maximum atomic E-state index is 12.2. The van der Waals surface area contributed by atoms with E-state index in [1.165, 1.54) is 5.56 Å². The third kappa shape index (κ3) is 4.02. The first-order chi connectivity index (χ1) is 11.7. The van der Waals surface area contributed by atoms with Crippen LogP contribution in [0.1, 0.15) is 24.0 Å². The quantitative estimate of drug-likeness (QED) is 0.889. The normalized spacial score (nSPS) is 13.5. The molecule has 2 amide bonds. The lowest BCUT2D eigenvalue weighted by Crippen LogP contribution is -2.41. The molecule has 124 valence electrons. The summed E-state index contributed by atoms with van der Waals surface area (Å²) in [6, 6.07) is 18.0. The van der Waals surface area contributed by atoms with Crippen LogP contribution in [0.4, 0.5) is 5.69 Å². The molecule has 3 rings (SSSR count). The first-order valence-electron chi connectivity index (χ1n) is 8.43. The third-order valence-corrected chi connectivity index (χ3v) is 4.33. The number of hydrogen-bond donors (Lipinski definition) is 1. The second-order valence-electron chi connectivity index (χ2n) is 6.01. The summed E-state index contributed by atoms with van der Waals surface area (Å²) < 4.78 is 0. The number of nitrogens with zero attached hydrogens (tertiary/aromatic N) is 1. The zero-order valence-electron chi connectivity index (χ0n) is 13.7. The van der Waals surface area contributed by atoms with E-state index in [1.807, 2.05) is 48.5 Å². The van der Waals surface area contributed by atoms with E-state index >= 15 is 0 Å². The Hall–Kier alpha value is -2.62. The molecule has 0 radical (unpaired) electrons. The summed E-state index contributed by atoms with van der Waals surface area (Å²) in [5.74, 6) is 0.156. The van der Waals surface area contributed by atoms with Gasteiger partial charge < -0.3 is 10.2 Å². The second kappa shape index (κ2) is 7.77. The second-order valence-corrected chi connectivity index (χ2v) is 6.01. The molecule has 1 N–H and O–H groups in total. The van der Waals surface area contributed by atoms with Crippen molar-refractivity contribution in [3.8, 4) is 0 Å². The van der Waals surface area contributed by atoms with E-state index in [9.17, 15) is 9.59 Å². The largest absolute Gasteiger partial charge is 0.354 e. The van der Waals surface area contributed by atoms with Gasteiger partial charge in [-0.05, 0) is 30.0 Å². The van der Waals surface area contributed by atoms with Gasteiger partial charge >= 0.3 is 0 Å². The molecule has 0 saturated carbocycles. The number of hydrogen-bond acceptors (Lipinski definition) is 2. The number of anilines is 1. The zero-order chi connectivity index (χ0) is 16.8. The van der Waals surface area contributed by atoms with E-state index in [0.29, 0.717) is 25.9 Å². The first kappa shape index (κ1) is 16.2. The van der Waals surface area contributed by atoms with Crippen molar-refractivity contribution in [2.45, 2.75) is 25.7 Å². The first-order valence-corrected chi connectivity index (χ1v) is 8.43. The summed E-state index contributed by atoms with van der Waals surface area (Å²) in [6.45, 7) is 1.00. The van der Waals surface area contributed by atoms with Gasteiger partial charge in [-0.3, -0.25) is 9.59 Å². The Morgan fingerprint density at radius 1 is 1.00 bits per heavy atom. The minimum absolute atomic E-state index is 0.0246. The Kier molecular flexibility index (Phi) is 5.26. The van der Waals surface area contributed by atoms with Gasteiger partial charge in [0.05, 0.1) is 0 Å². The maximum Gasteiger partial charge on any atom is 0.227 e. The van der Waals surface area contributed by atoms with E-state index in [0.717, 1.165) is 24.1 Å². The Morgan fingerprint density at radius 3 is 2.58 bits per heavy atom. The van der Waals surface area contributed by atoms with E-state index in [1.54, 1.807) is 4.90 Å². The number of carbonyl (C=O) groups excluding carboxylic acids is 2. The monoisotopic (exact) mass is 322 g/mol. The number of rotatable bonds is 6. The molecular weight excluding hydrogens is 300 g/mol. The minimum atomic E-state index is 0.0246. The minimum Gasteiger partial charge on any atom is -0.354 e. The van der Waals surface area contributed by atoms with Crippen molar-refractivity contribution >= 4 is 17.5 Å². The highest BCUT2D eigenvalue weighted by Gasteiger charge is 2.23. The number of para-hydroxylation sites is 1. The molecule has 4 heteroatoms. The lowest BCUT2D eigenvalue weighted by Gasteiger charge is -2.29. The molecule has 2 aromatic rings. The number of amides is 2. The van der Waals surface area contributed by atoms with Crippen molar-refractivity contribution in [2.75, 3.05) is 18.0 Å². The van der Waals surface area contributed by atoms with Crippen LogP contribution in [0.5, 0.6) is 0 Å². The summed E-state index contributed by atoms with van der Waals surface area (Å²) in [5, 5.41) is 2.92. The molecule has 0 atom stereocenters. The maximum absolute atomic E-state index is 12.2. The Labute approximate surface area is 142 Å². The van der Waals surface area contributed by atoms with Crippen molar-refractivity contribution < 1.29 is 9.59 Å². The highest BCUT2D eigenvalue weighted by Crippen LogP contribution is 2.26. The van der Waals surface area contributed by atoms with Gasteiger partial charge in [0.25, 0.3) is 0 Å². The summed E-state index contributed by atoms with van der Waals surface area (Å²) in [4.78, 5) is 25.9. The van der Waals surface area contributed by atoms with Crippen molar-refractivity contribution in [1.82, 2.24) is 5.32 Å². The Morgan fingerprint density at radius 2 is 1.75 bits per heavy atom. The number of benzene rings is 2. The molecule has 1 aliphatic heterocycles. The lowest BCUT2D eigenvalue weighted by atomic mass is 10.0. The molecule has 0 bridgehead atoms. The molecule has 0 aromatic heterocycles. The molecule has 2 aromatic carbocycles. The van der Waals surface area contributed by atoms with E-state index in [-0.39, 0.29) is 11.8 Å². The highest BCUT2D eigenvalue weighted by molar-refractivity contribution is 5.96. The van der Waals surface area contributed by atoms with Gasteiger partial charge in [0.15, 0.2) is 0 Å². The number of nitrogens with one attached hydrogen (secondary N) is 1. The Bertz CT molecular complexity index is 713. The zero-order valence-corrected chi connectivity index (χ0v) is 13.7. The number of aryl methyl sites for hydroxylation is 2. The fourth-order valence-electron chi connectivity index (χ4n) is 3.04. The lowest BCUT2D eigenvalue weighted by molar-refractivity contribution is -0.121. The Balaban J connectivity index is 1.48. The van der Waals surface area contributed by atoms with E-state index in [4.69, 9.17) is 0 Å². The number of carbonyl (C=O) groups is 2. The fourth-order valence-corrected chi connectivity index (χ4v) is 3.04. The van der Waals surface area contributed by atoms with Crippen LogP contribution in [0.15, 0.2) is 54.6 Å². The van der Waals surface area contributed by atoms with Gasteiger partial charge in [-0.2, -0.15) is 0 Å². The highest BCUT2D eigenvalue weighted by atomic mass is 16.2. The fraction of sp³-hybridized carbons (Fsp3) is 0.300. The van der Waals surface area contributed by atoms with Crippen LogP contribution >= 0.6 is 0 Å². The van der Waals surface area contributed by atoms with Gasteiger partial charge in [0.2, 0.25) is 11.8 Å². The molecule has 1 heterocycles. The van der Waals surface area contributed by atoms with Gasteiger partial charge in [0, 0.05) is 31.6 Å². The topological polar surface area (TPSA) is 49.4 Å². The molecule has 0 aliphatic carbocycles. The van der Waals surface area contributed by atoms with Crippen LogP contribution in [0.2, 0.25) is 0 Å². The summed E-state index contributed by atoms with van der Waals surface area (Å²) in [6.07, 6.45) is 2.54. The molecule has 1 aliphatic rings. The van der Waals surface area contributed by atoms with Crippen LogP contribution in [0.3, 0.4) is 0 Å². The van der Waals surface area contributed by atoms with E-state index < -0.39 is 0 Å². The van der Waals surface area contributed by atoms with Gasteiger partial charge in [-0.25, -0.2) is 0 Å². The molecule has 0 saturated heterocycles. The van der Waals surface area contributed by atoms with E-state index in [2.05, 4.69) is 11.4 Å². The van der Waals surface area contributed by atoms with Crippen molar-refractivity contribution in [1.29, 1.82) is 0 Å². The van der Waals surface area contributed by atoms with Crippen LogP contribution < -0.4 is 10.2 Å². The summed E-state index contributed by atoms with van der Waals surface area (Å²) in [5.41, 5.74) is 3.34. The summed E-state index contributed by atoms with van der Waals surface area (Å²) >= 11 is 0. The molecular formula is C20H22N2O2. The van der Waals surface area contributed by atoms with Gasteiger partial charge in [-0.1, -0.05) is 48.5 Å². The van der Waals surface area contributed by atoms with Crippen molar-refractivity contribution in [3.05, 3.63) is 65.7 Å². The average molecular weight is 322 g/mol. The predicted octanol–water partition coefficient (Wildman–Crippen LogP) is 2.71. The van der Waals surface area contributed by atoms with Crippen LogP contribution in [0, 0.1) is 0 Å². The van der Waals surface area contributed by atoms with Crippen LogP contribution in [-0.4, -0.2) is 24.9 Å². The SMILES string of the molecule is O=C(CCc1ccccc1)NCCN1C(=O)CCc2ccccc21. The smallest absolute Gasteiger partial charge is 0.227 e. The molecule has 0 unspecified atom stereocenters. The van der Waals surface area contributed by atoms with Crippen LogP contribution in [0.25, 0.3) is 0 Å². The molecule has 4 nitrogen and oxygen atoms in total. The van der Waals surface area contributed by atoms with Crippen molar-refractivity contribution in [2.24, 2.45) is 0 Å². The van der Waals surface area contributed by atoms with Gasteiger partial charge in [0.1, 0.15) is 0 Å². The third-order valence-electron chi connectivity index (χ3n) is 4.33. The molecule has 0 fully saturated rings. The molecule has 0 spiro atoms. The number of fused-ring (bicyclic) bond motifs is 1. The standard InChI is InChI=1S/C20H22N2O2/c23-19(12-10-16-6-2-1-3-7-16)21-14-15-22-18-9-5-4-8-17(18)11-13-20(22)24/h1-9H,10-15H2,(H,21,23). The van der Waals surface area contributed by atoms with Crippen LogP contribution in [-0.2, 0) is 22.4 Å². The summed E-state index contributed by atoms with van der Waals surface area (Å²) in [7, 11) is 0. The van der Waals surface area contributed by atoms with Crippen molar-refractivity contribution in [3.63, 3.8) is 0 Å². The van der Waals surface area contributed by atoms with Gasteiger partial charge in [-0.15, -0.1) is 0 Å². The molecule has 24 heavy (non-hydrogen) atoms. The predicted molar refractivity (Wildman–Crippen MR) is 94.9 cm³/mol. The average Bonchev–Trinajstić information content (AvgIpc) is 2.63.